The van der Waals surface area contributed by atoms with Crippen LogP contribution in [0.4, 0.5) is 5.69 Å². The first-order chi connectivity index (χ1) is 9.69. The molecule has 0 saturated heterocycles. The van der Waals surface area contributed by atoms with Gasteiger partial charge in [-0.15, -0.1) is 0 Å². The largest absolute Gasteiger partial charge is 0.481 e. The Morgan fingerprint density at radius 1 is 1.33 bits per heavy atom. The Morgan fingerprint density at radius 3 is 2.57 bits per heavy atom. The van der Waals surface area contributed by atoms with Gasteiger partial charge in [-0.05, 0) is 11.0 Å². The summed E-state index contributed by atoms with van der Waals surface area (Å²) in [6, 6.07) is 5.99. The molecule has 0 aliphatic heterocycles. The summed E-state index contributed by atoms with van der Waals surface area (Å²) in [5.41, 5.74) is -0.0555. The SMILES string of the molecule is CC(C)(CC(=O)O)CC(=O)NCc1cccc([N+](=O)[O-])c1. The normalized spacial score (nSPS) is 11.0. The maximum atomic E-state index is 11.8. The number of non-ortho nitro benzene ring substituents is 1. The number of nitrogens with one attached hydrogen (secondary N) is 1. The minimum Gasteiger partial charge on any atom is -0.481 e. The number of hydrogen-bond acceptors (Lipinski definition) is 4. The van der Waals surface area contributed by atoms with Crippen LogP contribution in [0.3, 0.4) is 0 Å². The van der Waals surface area contributed by atoms with E-state index in [1.54, 1.807) is 26.0 Å². The standard InChI is InChI=1S/C14H18N2O5/c1-14(2,8-13(18)19)7-12(17)15-9-10-4-3-5-11(6-10)16(20)21/h3-6H,7-9H2,1-2H3,(H,15,17)(H,18,19). The van der Waals surface area contributed by atoms with Gasteiger partial charge in [-0.1, -0.05) is 26.0 Å². The van der Waals surface area contributed by atoms with E-state index >= 15 is 0 Å². The van der Waals surface area contributed by atoms with Crippen molar-refractivity contribution in [3.05, 3.63) is 39.9 Å². The third-order valence-electron chi connectivity index (χ3n) is 2.88. The molecular formula is C14H18N2O5. The smallest absolute Gasteiger partial charge is 0.303 e. The molecule has 1 rings (SSSR count). The molecule has 0 aliphatic rings. The molecule has 114 valence electrons. The molecule has 2 N–H and O–H groups in total. The van der Waals surface area contributed by atoms with Gasteiger partial charge in [-0.2, -0.15) is 0 Å². The van der Waals surface area contributed by atoms with Crippen molar-refractivity contribution in [2.24, 2.45) is 5.41 Å². The Kier molecular flexibility index (Phi) is 5.40. The predicted octanol–water partition coefficient (Wildman–Crippen LogP) is 2.10. The van der Waals surface area contributed by atoms with Crippen LogP contribution in [0.1, 0.15) is 32.3 Å². The van der Waals surface area contributed by atoms with Gasteiger partial charge in [0.05, 0.1) is 11.3 Å². The lowest BCUT2D eigenvalue weighted by molar-refractivity contribution is -0.384. The summed E-state index contributed by atoms with van der Waals surface area (Å²) in [7, 11) is 0. The summed E-state index contributed by atoms with van der Waals surface area (Å²) < 4.78 is 0. The molecule has 0 fully saturated rings. The van der Waals surface area contributed by atoms with Crippen molar-refractivity contribution in [1.29, 1.82) is 0 Å². The molecule has 0 bridgehead atoms. The second-order valence-corrected chi connectivity index (χ2v) is 5.62. The summed E-state index contributed by atoms with van der Waals surface area (Å²) in [5, 5.41) is 22.0. The van der Waals surface area contributed by atoms with Crippen LogP contribution in [0.15, 0.2) is 24.3 Å². The van der Waals surface area contributed by atoms with Crippen LogP contribution in [0.2, 0.25) is 0 Å². The van der Waals surface area contributed by atoms with Gasteiger partial charge in [-0.25, -0.2) is 0 Å². The average molecular weight is 294 g/mol. The number of nitrogens with zero attached hydrogens (tertiary/aromatic N) is 1. The van der Waals surface area contributed by atoms with Crippen molar-refractivity contribution < 1.29 is 19.6 Å². The van der Waals surface area contributed by atoms with E-state index in [2.05, 4.69) is 5.32 Å². The van der Waals surface area contributed by atoms with Gasteiger partial charge in [0.25, 0.3) is 5.69 Å². The van der Waals surface area contributed by atoms with E-state index in [1.807, 2.05) is 0 Å². The monoisotopic (exact) mass is 294 g/mol. The zero-order valence-corrected chi connectivity index (χ0v) is 12.0. The second-order valence-electron chi connectivity index (χ2n) is 5.62. The Bertz CT molecular complexity index is 554. The van der Waals surface area contributed by atoms with Crippen LogP contribution < -0.4 is 5.32 Å². The lowest BCUT2D eigenvalue weighted by Gasteiger charge is -2.21. The van der Waals surface area contributed by atoms with Crippen LogP contribution in [-0.4, -0.2) is 21.9 Å². The molecule has 0 saturated carbocycles. The molecule has 1 aromatic carbocycles. The molecule has 0 aliphatic carbocycles. The van der Waals surface area contributed by atoms with Crippen LogP contribution in [0, 0.1) is 15.5 Å². The molecule has 0 aromatic heterocycles. The van der Waals surface area contributed by atoms with Crippen LogP contribution in [-0.2, 0) is 16.1 Å². The number of carbonyl (C=O) groups excluding carboxylic acids is 1. The number of carboxylic acid groups (broad SMARTS) is 1. The minimum atomic E-state index is -0.952. The van der Waals surface area contributed by atoms with E-state index in [0.717, 1.165) is 0 Å². The third-order valence-corrected chi connectivity index (χ3v) is 2.88. The topological polar surface area (TPSA) is 110 Å². The fourth-order valence-corrected chi connectivity index (χ4v) is 1.95. The number of hydrogen-bond donors (Lipinski definition) is 2. The van der Waals surface area contributed by atoms with Crippen molar-refractivity contribution in [1.82, 2.24) is 5.32 Å². The lowest BCUT2D eigenvalue weighted by Crippen LogP contribution is -2.29. The van der Waals surface area contributed by atoms with Gasteiger partial charge in [0.15, 0.2) is 0 Å². The van der Waals surface area contributed by atoms with Gasteiger partial charge in [0.2, 0.25) is 5.91 Å². The van der Waals surface area contributed by atoms with Gasteiger partial charge < -0.3 is 10.4 Å². The summed E-state index contributed by atoms with van der Waals surface area (Å²) in [6.45, 7) is 3.58. The molecule has 7 heteroatoms. The average Bonchev–Trinajstić information content (AvgIpc) is 2.34. The molecule has 0 radical (unpaired) electrons. The highest BCUT2D eigenvalue weighted by atomic mass is 16.6. The first-order valence-corrected chi connectivity index (χ1v) is 6.41. The van der Waals surface area contributed by atoms with Crippen molar-refractivity contribution in [2.45, 2.75) is 33.2 Å². The molecule has 0 heterocycles. The van der Waals surface area contributed by atoms with Gasteiger partial charge in [-0.3, -0.25) is 19.7 Å². The number of amides is 1. The number of benzene rings is 1. The van der Waals surface area contributed by atoms with Crippen molar-refractivity contribution in [3.8, 4) is 0 Å². The van der Waals surface area contributed by atoms with E-state index in [4.69, 9.17) is 5.11 Å². The quantitative estimate of drug-likeness (QED) is 0.591. The fraction of sp³-hybridized carbons (Fsp3) is 0.429. The number of rotatable bonds is 7. The number of carboxylic acids is 1. The molecular weight excluding hydrogens is 276 g/mol. The molecule has 21 heavy (non-hydrogen) atoms. The Hall–Kier alpha value is -2.44. The maximum absolute atomic E-state index is 11.8. The molecule has 0 spiro atoms. The van der Waals surface area contributed by atoms with E-state index in [9.17, 15) is 19.7 Å². The number of carbonyl (C=O) groups is 2. The first-order valence-electron chi connectivity index (χ1n) is 6.41. The maximum Gasteiger partial charge on any atom is 0.303 e. The van der Waals surface area contributed by atoms with Crippen molar-refractivity contribution >= 4 is 17.6 Å². The van der Waals surface area contributed by atoms with Crippen LogP contribution in [0.25, 0.3) is 0 Å². The Labute approximate surface area is 122 Å². The zero-order chi connectivity index (χ0) is 16.0. The highest BCUT2D eigenvalue weighted by molar-refractivity contribution is 5.77. The molecule has 0 unspecified atom stereocenters. The third kappa shape index (κ3) is 6.03. The van der Waals surface area contributed by atoms with Crippen LogP contribution >= 0.6 is 0 Å². The summed E-state index contributed by atoms with van der Waals surface area (Å²) in [4.78, 5) is 32.6. The number of nitro groups is 1. The molecule has 1 amide bonds. The Morgan fingerprint density at radius 2 is 2.00 bits per heavy atom. The van der Waals surface area contributed by atoms with Gasteiger partial charge >= 0.3 is 5.97 Å². The van der Waals surface area contributed by atoms with Crippen molar-refractivity contribution in [3.63, 3.8) is 0 Å². The van der Waals surface area contributed by atoms with E-state index in [0.29, 0.717) is 5.56 Å². The molecule has 7 nitrogen and oxygen atoms in total. The van der Waals surface area contributed by atoms with E-state index in [1.165, 1.54) is 12.1 Å². The lowest BCUT2D eigenvalue weighted by atomic mass is 9.85. The summed E-state index contributed by atoms with van der Waals surface area (Å²) in [5.74, 6) is -1.24. The highest BCUT2D eigenvalue weighted by Crippen LogP contribution is 2.24. The van der Waals surface area contributed by atoms with Gasteiger partial charge in [0, 0.05) is 25.1 Å². The van der Waals surface area contributed by atoms with Gasteiger partial charge in [0.1, 0.15) is 0 Å². The van der Waals surface area contributed by atoms with E-state index < -0.39 is 16.3 Å². The minimum absolute atomic E-state index is 0.0343. The van der Waals surface area contributed by atoms with E-state index in [-0.39, 0.29) is 31.0 Å². The Balaban J connectivity index is 2.55. The molecule has 0 atom stereocenters. The fourth-order valence-electron chi connectivity index (χ4n) is 1.95. The highest BCUT2D eigenvalue weighted by Gasteiger charge is 2.25. The number of nitro benzene ring substituents is 1. The van der Waals surface area contributed by atoms with Crippen LogP contribution in [0.5, 0.6) is 0 Å². The summed E-state index contributed by atoms with van der Waals surface area (Å²) in [6.07, 6.45) is -0.0224. The predicted molar refractivity (Wildman–Crippen MR) is 75.6 cm³/mol. The first kappa shape index (κ1) is 16.6. The summed E-state index contributed by atoms with van der Waals surface area (Å²) >= 11 is 0. The number of aliphatic carboxylic acids is 1. The second kappa shape index (κ2) is 6.83. The van der Waals surface area contributed by atoms with Crippen molar-refractivity contribution in [2.75, 3.05) is 0 Å². The molecule has 1 aromatic rings. The zero-order valence-electron chi connectivity index (χ0n) is 12.0.